The fourth-order valence-electron chi connectivity index (χ4n) is 1.72. The normalized spacial score (nSPS) is 11.6. The zero-order valence-electron chi connectivity index (χ0n) is 9.27. The summed E-state index contributed by atoms with van der Waals surface area (Å²) < 4.78 is 0. The van der Waals surface area contributed by atoms with Crippen LogP contribution < -0.4 is 0 Å². The van der Waals surface area contributed by atoms with E-state index in [1.807, 2.05) is 30.3 Å². The quantitative estimate of drug-likeness (QED) is 0.837. The predicted octanol–water partition coefficient (Wildman–Crippen LogP) is 2.60. The molecule has 2 aromatic rings. The largest absolute Gasteiger partial charge is 0.481 e. The molecular weight excluding hydrogens is 202 g/mol. The van der Waals surface area contributed by atoms with Crippen molar-refractivity contribution in [2.24, 2.45) is 0 Å². The van der Waals surface area contributed by atoms with E-state index in [2.05, 4.69) is 4.98 Å². The Morgan fingerprint density at radius 3 is 2.62 bits per heavy atom. The Morgan fingerprint density at radius 1 is 1.25 bits per heavy atom. The van der Waals surface area contributed by atoms with Crippen molar-refractivity contribution < 1.29 is 9.90 Å². The molecule has 0 bridgehead atoms. The van der Waals surface area contributed by atoms with Crippen molar-refractivity contribution in [1.29, 1.82) is 0 Å². The molecule has 1 heterocycles. The van der Waals surface area contributed by atoms with Gasteiger partial charge in [0.2, 0.25) is 0 Å². The number of nitrogens with zero attached hydrogens (tertiary/aromatic N) is 1. The molecule has 0 radical (unpaired) electrons. The summed E-state index contributed by atoms with van der Waals surface area (Å²) in [5, 5.41) is 11.1. The third-order valence-electron chi connectivity index (χ3n) is 2.80. The summed E-state index contributed by atoms with van der Waals surface area (Å²) >= 11 is 0. The maximum atomic E-state index is 11.2. The van der Waals surface area contributed by atoms with E-state index in [-0.39, 0.29) is 0 Å². The highest BCUT2D eigenvalue weighted by Gasteiger charge is 2.32. The van der Waals surface area contributed by atoms with Crippen LogP contribution in [-0.4, -0.2) is 16.1 Å². The Hall–Kier alpha value is -1.90. The summed E-state index contributed by atoms with van der Waals surface area (Å²) in [7, 11) is 0. The lowest BCUT2D eigenvalue weighted by molar-refractivity contribution is -0.142. The van der Waals surface area contributed by atoms with Crippen molar-refractivity contribution in [3.05, 3.63) is 42.2 Å². The highest BCUT2D eigenvalue weighted by molar-refractivity contribution is 5.91. The van der Waals surface area contributed by atoms with E-state index < -0.39 is 11.4 Å². The average molecular weight is 215 g/mol. The predicted molar refractivity (Wildman–Crippen MR) is 62.4 cm³/mol. The van der Waals surface area contributed by atoms with Crippen molar-refractivity contribution in [3.8, 4) is 0 Å². The monoisotopic (exact) mass is 215 g/mol. The third kappa shape index (κ3) is 1.54. The topological polar surface area (TPSA) is 50.2 Å². The van der Waals surface area contributed by atoms with Gasteiger partial charge < -0.3 is 5.11 Å². The van der Waals surface area contributed by atoms with Gasteiger partial charge in [-0.25, -0.2) is 0 Å². The molecule has 2 rings (SSSR count). The standard InChI is InChI=1S/C13H13NO2/c1-13(2,12(15)16)11-10-6-4-3-5-9(10)7-8-14-11/h3-8H,1-2H3,(H,15,16). The summed E-state index contributed by atoms with van der Waals surface area (Å²) in [6, 6.07) is 9.57. The average Bonchev–Trinajstić information content (AvgIpc) is 2.28. The van der Waals surface area contributed by atoms with E-state index >= 15 is 0 Å². The van der Waals surface area contributed by atoms with Crippen LogP contribution in [0.5, 0.6) is 0 Å². The second-order valence-electron chi connectivity index (χ2n) is 4.31. The lowest BCUT2D eigenvalue weighted by Crippen LogP contribution is -2.29. The van der Waals surface area contributed by atoms with E-state index in [1.165, 1.54) is 0 Å². The number of benzene rings is 1. The molecule has 3 heteroatoms. The van der Waals surface area contributed by atoms with Gasteiger partial charge in [0.25, 0.3) is 0 Å². The van der Waals surface area contributed by atoms with E-state index in [9.17, 15) is 9.90 Å². The van der Waals surface area contributed by atoms with E-state index in [0.29, 0.717) is 5.69 Å². The number of aromatic nitrogens is 1. The lowest BCUT2D eigenvalue weighted by atomic mass is 9.86. The molecule has 0 saturated heterocycles. The van der Waals surface area contributed by atoms with E-state index in [0.717, 1.165) is 10.8 Å². The van der Waals surface area contributed by atoms with Crippen LogP contribution in [0.2, 0.25) is 0 Å². The number of pyridine rings is 1. The molecule has 0 spiro atoms. The fraction of sp³-hybridized carbons (Fsp3) is 0.231. The molecule has 0 fully saturated rings. The Kier molecular flexibility index (Phi) is 2.38. The van der Waals surface area contributed by atoms with Crippen molar-refractivity contribution in [1.82, 2.24) is 4.98 Å². The van der Waals surface area contributed by atoms with Crippen LogP contribution in [0.4, 0.5) is 0 Å². The van der Waals surface area contributed by atoms with Gasteiger partial charge in [-0.05, 0) is 25.3 Å². The molecule has 16 heavy (non-hydrogen) atoms. The molecule has 82 valence electrons. The van der Waals surface area contributed by atoms with Crippen LogP contribution in [0.25, 0.3) is 10.8 Å². The Bertz CT molecular complexity index is 541. The lowest BCUT2D eigenvalue weighted by Gasteiger charge is -2.20. The van der Waals surface area contributed by atoms with Crippen LogP contribution in [0.3, 0.4) is 0 Å². The van der Waals surface area contributed by atoms with Gasteiger partial charge in [-0.15, -0.1) is 0 Å². The summed E-state index contributed by atoms with van der Waals surface area (Å²) in [5.41, 5.74) is -0.362. The molecule has 0 aliphatic carbocycles. The molecule has 0 aliphatic rings. The number of carboxylic acids is 1. The van der Waals surface area contributed by atoms with Crippen molar-refractivity contribution in [2.75, 3.05) is 0 Å². The van der Waals surface area contributed by atoms with Gasteiger partial charge in [0.15, 0.2) is 0 Å². The second kappa shape index (κ2) is 3.59. The van der Waals surface area contributed by atoms with Crippen LogP contribution in [0.15, 0.2) is 36.5 Å². The van der Waals surface area contributed by atoms with Crippen LogP contribution in [-0.2, 0) is 10.2 Å². The first-order chi connectivity index (χ1) is 7.53. The summed E-state index contributed by atoms with van der Waals surface area (Å²) in [5.74, 6) is -0.864. The minimum Gasteiger partial charge on any atom is -0.481 e. The summed E-state index contributed by atoms with van der Waals surface area (Å²) in [4.78, 5) is 15.4. The molecule has 0 atom stereocenters. The highest BCUT2D eigenvalue weighted by atomic mass is 16.4. The van der Waals surface area contributed by atoms with Gasteiger partial charge >= 0.3 is 5.97 Å². The van der Waals surface area contributed by atoms with Crippen molar-refractivity contribution >= 4 is 16.7 Å². The van der Waals surface area contributed by atoms with Gasteiger partial charge in [0.1, 0.15) is 5.41 Å². The number of aliphatic carboxylic acids is 1. The van der Waals surface area contributed by atoms with Gasteiger partial charge in [-0.3, -0.25) is 9.78 Å². The fourth-order valence-corrected chi connectivity index (χ4v) is 1.72. The Labute approximate surface area is 93.7 Å². The molecular formula is C13H13NO2. The zero-order valence-corrected chi connectivity index (χ0v) is 9.27. The minimum atomic E-state index is -0.971. The highest BCUT2D eigenvalue weighted by Crippen LogP contribution is 2.28. The smallest absolute Gasteiger partial charge is 0.315 e. The molecule has 0 aliphatic heterocycles. The Balaban J connectivity index is 2.74. The Morgan fingerprint density at radius 2 is 1.94 bits per heavy atom. The van der Waals surface area contributed by atoms with Crippen molar-refractivity contribution in [3.63, 3.8) is 0 Å². The van der Waals surface area contributed by atoms with Gasteiger partial charge in [-0.2, -0.15) is 0 Å². The molecule has 0 unspecified atom stereocenters. The van der Waals surface area contributed by atoms with Gasteiger partial charge in [0.05, 0.1) is 5.69 Å². The SMILES string of the molecule is CC(C)(C(=O)O)c1nccc2ccccc12. The van der Waals surface area contributed by atoms with E-state index in [4.69, 9.17) is 0 Å². The molecule has 3 nitrogen and oxygen atoms in total. The number of hydrogen-bond acceptors (Lipinski definition) is 2. The molecule has 1 aromatic heterocycles. The van der Waals surface area contributed by atoms with Crippen LogP contribution in [0.1, 0.15) is 19.5 Å². The first kappa shape index (κ1) is 10.6. The number of hydrogen-bond donors (Lipinski definition) is 1. The second-order valence-corrected chi connectivity index (χ2v) is 4.31. The maximum Gasteiger partial charge on any atom is 0.315 e. The first-order valence-corrected chi connectivity index (χ1v) is 5.11. The number of fused-ring (bicyclic) bond motifs is 1. The zero-order chi connectivity index (χ0) is 11.8. The van der Waals surface area contributed by atoms with Crippen molar-refractivity contribution in [2.45, 2.75) is 19.3 Å². The third-order valence-corrected chi connectivity index (χ3v) is 2.80. The van der Waals surface area contributed by atoms with Crippen LogP contribution >= 0.6 is 0 Å². The summed E-state index contributed by atoms with van der Waals surface area (Å²) in [6.45, 7) is 3.34. The minimum absolute atomic E-state index is 0.609. The summed E-state index contributed by atoms with van der Waals surface area (Å²) in [6.07, 6.45) is 1.66. The molecule has 1 aromatic carbocycles. The van der Waals surface area contributed by atoms with Gasteiger partial charge in [0, 0.05) is 11.6 Å². The number of carboxylic acid groups (broad SMARTS) is 1. The molecule has 0 amide bonds. The number of rotatable bonds is 2. The van der Waals surface area contributed by atoms with E-state index in [1.54, 1.807) is 20.0 Å². The van der Waals surface area contributed by atoms with Gasteiger partial charge in [-0.1, -0.05) is 24.3 Å². The number of carbonyl (C=O) groups is 1. The molecule has 1 N–H and O–H groups in total. The first-order valence-electron chi connectivity index (χ1n) is 5.11. The maximum absolute atomic E-state index is 11.2. The van der Waals surface area contributed by atoms with Crippen LogP contribution in [0, 0.1) is 0 Å². The molecule has 0 saturated carbocycles.